The zero-order chi connectivity index (χ0) is 14.4. The molecule has 6 nitrogen and oxygen atoms in total. The molecule has 1 aliphatic rings. The topological polar surface area (TPSA) is 89.9 Å². The number of carbonyl (C=O) groups is 2. The summed E-state index contributed by atoms with van der Waals surface area (Å²) in [5.41, 5.74) is 0. The van der Waals surface area contributed by atoms with Gasteiger partial charge >= 0.3 is 12.0 Å². The van der Waals surface area contributed by atoms with E-state index in [0.717, 1.165) is 19.3 Å². The summed E-state index contributed by atoms with van der Waals surface area (Å²) in [5.74, 6) is -0.682. The molecule has 1 saturated carbocycles. The standard InChI is InChI=1S/C13H24N2O4/c1-9-5-3-4-6-11(9)15(2)13(19)14-10(7-8-16)12(17)18/h9-11,16H,3-8H2,1-2H3,(H,14,19)(H,17,18). The highest BCUT2D eigenvalue weighted by Crippen LogP contribution is 2.27. The van der Waals surface area contributed by atoms with Gasteiger partial charge < -0.3 is 20.4 Å². The summed E-state index contributed by atoms with van der Waals surface area (Å²) in [6.45, 7) is 1.86. The first-order valence-electron chi connectivity index (χ1n) is 6.84. The number of amides is 2. The summed E-state index contributed by atoms with van der Waals surface area (Å²) < 4.78 is 0. The lowest BCUT2D eigenvalue weighted by Crippen LogP contribution is -2.52. The Balaban J connectivity index is 2.57. The molecule has 3 unspecified atom stereocenters. The first kappa shape index (κ1) is 15.8. The zero-order valence-corrected chi connectivity index (χ0v) is 11.6. The molecule has 0 radical (unpaired) electrons. The number of carboxylic acids is 1. The molecule has 19 heavy (non-hydrogen) atoms. The molecular formula is C13H24N2O4. The minimum absolute atomic E-state index is 0.0229. The van der Waals surface area contributed by atoms with Crippen molar-refractivity contribution >= 4 is 12.0 Å². The van der Waals surface area contributed by atoms with E-state index in [-0.39, 0.29) is 25.1 Å². The highest BCUT2D eigenvalue weighted by atomic mass is 16.4. The molecule has 0 aromatic heterocycles. The molecule has 110 valence electrons. The molecule has 1 fully saturated rings. The summed E-state index contributed by atoms with van der Waals surface area (Å²) in [6, 6.07) is -1.24. The van der Waals surface area contributed by atoms with Crippen molar-refractivity contribution in [2.24, 2.45) is 5.92 Å². The van der Waals surface area contributed by atoms with Crippen LogP contribution in [0.4, 0.5) is 4.79 Å². The van der Waals surface area contributed by atoms with Crippen LogP contribution < -0.4 is 5.32 Å². The Bertz CT molecular complexity index is 322. The van der Waals surface area contributed by atoms with Gasteiger partial charge in [0.2, 0.25) is 0 Å². The number of carbonyl (C=O) groups excluding carboxylic acids is 1. The molecule has 3 atom stereocenters. The van der Waals surface area contributed by atoms with Crippen LogP contribution in [-0.2, 0) is 4.79 Å². The van der Waals surface area contributed by atoms with Crippen LogP contribution >= 0.6 is 0 Å². The van der Waals surface area contributed by atoms with Gasteiger partial charge in [-0.15, -0.1) is 0 Å². The summed E-state index contributed by atoms with van der Waals surface area (Å²) in [5, 5.41) is 20.2. The number of hydrogen-bond acceptors (Lipinski definition) is 3. The fraction of sp³-hybridized carbons (Fsp3) is 0.846. The second-order valence-corrected chi connectivity index (χ2v) is 5.29. The third kappa shape index (κ3) is 4.38. The van der Waals surface area contributed by atoms with Gasteiger partial charge in [-0.3, -0.25) is 0 Å². The van der Waals surface area contributed by atoms with Gasteiger partial charge in [0.1, 0.15) is 6.04 Å². The molecule has 0 aromatic carbocycles. The van der Waals surface area contributed by atoms with Crippen LogP contribution in [0.1, 0.15) is 39.0 Å². The Hall–Kier alpha value is -1.30. The van der Waals surface area contributed by atoms with Gasteiger partial charge in [0.05, 0.1) is 0 Å². The number of nitrogens with one attached hydrogen (secondary N) is 1. The molecule has 1 aliphatic carbocycles. The van der Waals surface area contributed by atoms with E-state index in [9.17, 15) is 9.59 Å². The second kappa shape index (κ2) is 7.33. The lowest BCUT2D eigenvalue weighted by molar-refractivity contribution is -0.139. The van der Waals surface area contributed by atoms with E-state index in [1.165, 1.54) is 6.42 Å². The van der Waals surface area contributed by atoms with Crippen LogP contribution in [0.3, 0.4) is 0 Å². The van der Waals surface area contributed by atoms with E-state index in [2.05, 4.69) is 12.2 Å². The van der Waals surface area contributed by atoms with E-state index in [1.54, 1.807) is 11.9 Å². The average Bonchev–Trinajstić information content (AvgIpc) is 2.37. The lowest BCUT2D eigenvalue weighted by Gasteiger charge is -2.36. The van der Waals surface area contributed by atoms with E-state index in [1.807, 2.05) is 0 Å². The lowest BCUT2D eigenvalue weighted by atomic mass is 9.85. The molecule has 1 rings (SSSR count). The summed E-state index contributed by atoms with van der Waals surface area (Å²) in [7, 11) is 1.71. The molecular weight excluding hydrogens is 248 g/mol. The maximum absolute atomic E-state index is 12.0. The fourth-order valence-corrected chi connectivity index (χ4v) is 2.66. The van der Waals surface area contributed by atoms with E-state index in [0.29, 0.717) is 5.92 Å². The predicted molar refractivity (Wildman–Crippen MR) is 70.8 cm³/mol. The molecule has 0 saturated heterocycles. The first-order valence-corrected chi connectivity index (χ1v) is 6.84. The van der Waals surface area contributed by atoms with Crippen molar-refractivity contribution in [2.75, 3.05) is 13.7 Å². The van der Waals surface area contributed by atoms with E-state index >= 15 is 0 Å². The van der Waals surface area contributed by atoms with Crippen molar-refractivity contribution in [3.63, 3.8) is 0 Å². The Morgan fingerprint density at radius 1 is 1.37 bits per heavy atom. The summed E-state index contributed by atoms with van der Waals surface area (Å²) in [4.78, 5) is 24.6. The average molecular weight is 272 g/mol. The van der Waals surface area contributed by atoms with Crippen LogP contribution in [0.2, 0.25) is 0 Å². The van der Waals surface area contributed by atoms with Crippen LogP contribution in [-0.4, -0.2) is 52.9 Å². The van der Waals surface area contributed by atoms with Crippen LogP contribution in [0, 0.1) is 5.92 Å². The van der Waals surface area contributed by atoms with E-state index < -0.39 is 12.0 Å². The number of rotatable bonds is 5. The van der Waals surface area contributed by atoms with Gasteiger partial charge in [0.25, 0.3) is 0 Å². The highest BCUT2D eigenvalue weighted by Gasteiger charge is 2.29. The highest BCUT2D eigenvalue weighted by molar-refractivity contribution is 5.82. The van der Waals surface area contributed by atoms with Crippen molar-refractivity contribution in [1.82, 2.24) is 10.2 Å². The fourth-order valence-electron chi connectivity index (χ4n) is 2.66. The Labute approximate surface area is 113 Å². The molecule has 6 heteroatoms. The van der Waals surface area contributed by atoms with Crippen molar-refractivity contribution in [2.45, 2.75) is 51.1 Å². The number of urea groups is 1. The van der Waals surface area contributed by atoms with Crippen molar-refractivity contribution in [1.29, 1.82) is 0 Å². The van der Waals surface area contributed by atoms with Gasteiger partial charge in [0, 0.05) is 26.1 Å². The van der Waals surface area contributed by atoms with Gasteiger partial charge in [-0.1, -0.05) is 19.8 Å². The summed E-state index contributed by atoms with van der Waals surface area (Å²) in [6.07, 6.45) is 4.38. The quantitative estimate of drug-likeness (QED) is 0.697. The molecule has 0 spiro atoms. The molecule has 0 aliphatic heterocycles. The SMILES string of the molecule is CC1CCCCC1N(C)C(=O)NC(CCO)C(=O)O. The van der Waals surface area contributed by atoms with Gasteiger partial charge in [-0.25, -0.2) is 9.59 Å². The number of aliphatic hydroxyl groups excluding tert-OH is 1. The largest absolute Gasteiger partial charge is 0.480 e. The molecule has 0 heterocycles. The van der Waals surface area contributed by atoms with Crippen molar-refractivity contribution < 1.29 is 19.8 Å². The van der Waals surface area contributed by atoms with Crippen LogP contribution in [0.5, 0.6) is 0 Å². The third-order valence-corrected chi connectivity index (χ3v) is 3.90. The maximum atomic E-state index is 12.0. The van der Waals surface area contributed by atoms with E-state index in [4.69, 9.17) is 10.2 Å². The number of hydrogen-bond donors (Lipinski definition) is 3. The number of carboxylic acid groups (broad SMARTS) is 1. The van der Waals surface area contributed by atoms with Crippen molar-refractivity contribution in [3.8, 4) is 0 Å². The first-order chi connectivity index (χ1) is 8.97. The molecule has 3 N–H and O–H groups in total. The molecule has 2 amide bonds. The Morgan fingerprint density at radius 3 is 2.53 bits per heavy atom. The minimum Gasteiger partial charge on any atom is -0.480 e. The van der Waals surface area contributed by atoms with Gasteiger partial charge in [-0.05, 0) is 18.8 Å². The molecule has 0 aromatic rings. The normalized spacial score (nSPS) is 24.6. The summed E-state index contributed by atoms with van der Waals surface area (Å²) >= 11 is 0. The smallest absolute Gasteiger partial charge is 0.326 e. The monoisotopic (exact) mass is 272 g/mol. The molecule has 0 bridgehead atoms. The minimum atomic E-state index is -1.12. The Morgan fingerprint density at radius 2 is 2.00 bits per heavy atom. The van der Waals surface area contributed by atoms with Crippen molar-refractivity contribution in [3.05, 3.63) is 0 Å². The Kier molecular flexibility index (Phi) is 6.08. The van der Waals surface area contributed by atoms with Gasteiger partial charge in [0.15, 0.2) is 0 Å². The second-order valence-electron chi connectivity index (χ2n) is 5.29. The van der Waals surface area contributed by atoms with Gasteiger partial charge in [-0.2, -0.15) is 0 Å². The zero-order valence-electron chi connectivity index (χ0n) is 11.6. The number of aliphatic carboxylic acids is 1. The van der Waals surface area contributed by atoms with Crippen LogP contribution in [0.25, 0.3) is 0 Å². The van der Waals surface area contributed by atoms with Crippen LogP contribution in [0.15, 0.2) is 0 Å². The number of aliphatic hydroxyl groups is 1. The number of nitrogens with zero attached hydrogens (tertiary/aromatic N) is 1. The predicted octanol–water partition coefficient (Wildman–Crippen LogP) is 1.04. The maximum Gasteiger partial charge on any atom is 0.326 e. The third-order valence-electron chi connectivity index (χ3n) is 3.90.